The van der Waals surface area contributed by atoms with E-state index < -0.39 is 5.82 Å². The van der Waals surface area contributed by atoms with E-state index in [0.717, 1.165) is 0 Å². The Balaban J connectivity index is 0.00000289. The number of thiocarbonyl (C=S) groups is 1. The number of carbonyl (C=O) groups is 1. The van der Waals surface area contributed by atoms with Crippen LogP contribution < -0.4 is 16.5 Å². The van der Waals surface area contributed by atoms with Crippen LogP contribution in [0.5, 0.6) is 0 Å². The fourth-order valence-electron chi connectivity index (χ4n) is 1.08. The first kappa shape index (κ1) is 13.0. The number of hydrazone groups is 1. The van der Waals surface area contributed by atoms with E-state index in [-0.39, 0.29) is 18.0 Å². The van der Waals surface area contributed by atoms with Crippen molar-refractivity contribution in [1.82, 2.24) is 5.43 Å². The first-order valence-electron chi connectivity index (χ1n) is 4.64. The van der Waals surface area contributed by atoms with Crippen molar-refractivity contribution in [3.63, 3.8) is 0 Å². The molecule has 5 nitrogen and oxygen atoms in total. The van der Waals surface area contributed by atoms with Crippen LogP contribution in [0, 0.1) is 5.82 Å². The van der Waals surface area contributed by atoms with Crippen LogP contribution in [0.4, 0.5) is 10.1 Å². The summed E-state index contributed by atoms with van der Waals surface area (Å²) in [5.41, 5.74) is 8.09. The molecule has 0 aliphatic carbocycles. The molecule has 0 atom stereocenters. The molecule has 17 heavy (non-hydrogen) atoms. The van der Waals surface area contributed by atoms with Crippen LogP contribution in [0.15, 0.2) is 23.3 Å². The first-order valence-corrected chi connectivity index (χ1v) is 5.05. The molecule has 7 heteroatoms. The summed E-state index contributed by atoms with van der Waals surface area (Å²) in [6.07, 6.45) is 1.24. The molecular formula is C10H13FN4OS. The lowest BCUT2D eigenvalue weighted by molar-refractivity contribution is -0.114. The molecule has 1 aromatic carbocycles. The van der Waals surface area contributed by atoms with Crippen LogP contribution in [0.1, 0.15) is 13.9 Å². The molecule has 0 saturated carbocycles. The number of carbonyl (C=O) groups excluding carboxylic acids is 1. The third-order valence-electron chi connectivity index (χ3n) is 1.70. The molecule has 0 aliphatic rings. The molecule has 0 saturated heterocycles. The third kappa shape index (κ3) is 4.56. The van der Waals surface area contributed by atoms with Crippen molar-refractivity contribution < 1.29 is 10.6 Å². The van der Waals surface area contributed by atoms with Gasteiger partial charge in [0.1, 0.15) is 5.82 Å². The highest BCUT2D eigenvalue weighted by Gasteiger charge is 2.02. The Morgan fingerprint density at radius 2 is 2.35 bits per heavy atom. The lowest BCUT2D eigenvalue weighted by atomic mass is 10.2. The summed E-state index contributed by atoms with van der Waals surface area (Å²) < 4.78 is 13.5. The molecule has 0 fully saturated rings. The zero-order valence-electron chi connectivity index (χ0n) is 9.03. The van der Waals surface area contributed by atoms with E-state index in [1.807, 2.05) is 0 Å². The molecule has 0 aliphatic heterocycles. The molecule has 92 valence electrons. The summed E-state index contributed by atoms with van der Waals surface area (Å²) in [6, 6.07) is 4.24. The second-order valence-electron chi connectivity index (χ2n) is 3.15. The number of nitrogens with one attached hydrogen (secondary N) is 2. The average Bonchev–Trinajstić information content (AvgIpc) is 2.20. The Bertz CT molecular complexity index is 481. The number of nitrogens with zero attached hydrogens (tertiary/aromatic N) is 1. The summed E-state index contributed by atoms with van der Waals surface area (Å²) in [6.45, 7) is 1.35. The average molecular weight is 256 g/mol. The SMILES string of the molecule is CC(=O)Nc1ccc(/C=N/NC(N)=S)c(F)c1.[HH]. The highest BCUT2D eigenvalue weighted by Crippen LogP contribution is 2.12. The van der Waals surface area contributed by atoms with E-state index in [2.05, 4.69) is 28.1 Å². The minimum absolute atomic E-state index is 0. The summed E-state index contributed by atoms with van der Waals surface area (Å²) in [5, 5.41) is 6.09. The number of amides is 1. The van der Waals surface area contributed by atoms with E-state index in [1.165, 1.54) is 25.3 Å². The molecule has 0 heterocycles. The number of nitrogens with two attached hydrogens (primary N) is 1. The highest BCUT2D eigenvalue weighted by atomic mass is 32.1. The van der Waals surface area contributed by atoms with Crippen molar-refractivity contribution in [3.8, 4) is 0 Å². The first-order chi connectivity index (χ1) is 7.99. The van der Waals surface area contributed by atoms with Gasteiger partial charge in [-0.3, -0.25) is 10.2 Å². The summed E-state index contributed by atoms with van der Waals surface area (Å²) >= 11 is 4.52. The second-order valence-corrected chi connectivity index (χ2v) is 3.59. The normalized spacial score (nSPS) is 10.2. The lowest BCUT2D eigenvalue weighted by Gasteiger charge is -2.03. The zero-order valence-corrected chi connectivity index (χ0v) is 9.84. The van der Waals surface area contributed by atoms with Gasteiger partial charge in [0.05, 0.1) is 6.21 Å². The van der Waals surface area contributed by atoms with E-state index in [9.17, 15) is 9.18 Å². The van der Waals surface area contributed by atoms with Gasteiger partial charge in [0.15, 0.2) is 5.11 Å². The topological polar surface area (TPSA) is 79.5 Å². The van der Waals surface area contributed by atoms with Crippen LogP contribution in [-0.2, 0) is 4.79 Å². The molecule has 1 rings (SSSR count). The minimum atomic E-state index is -0.510. The van der Waals surface area contributed by atoms with E-state index >= 15 is 0 Å². The molecule has 0 aromatic heterocycles. The van der Waals surface area contributed by atoms with Gasteiger partial charge in [-0.05, 0) is 30.4 Å². The Labute approximate surface area is 104 Å². The maximum atomic E-state index is 13.5. The number of rotatable bonds is 3. The minimum Gasteiger partial charge on any atom is -0.375 e. The zero-order chi connectivity index (χ0) is 12.8. The molecule has 0 radical (unpaired) electrons. The van der Waals surface area contributed by atoms with Crippen molar-refractivity contribution in [2.75, 3.05) is 5.32 Å². The number of hydrogen-bond acceptors (Lipinski definition) is 3. The quantitative estimate of drug-likeness (QED) is 0.431. The fraction of sp³-hybridized carbons (Fsp3) is 0.100. The van der Waals surface area contributed by atoms with Crippen LogP contribution in [0.3, 0.4) is 0 Å². The molecular weight excluding hydrogens is 243 g/mol. The van der Waals surface area contributed by atoms with Gasteiger partial charge in [-0.2, -0.15) is 5.10 Å². The largest absolute Gasteiger partial charge is 0.375 e. The molecule has 4 N–H and O–H groups in total. The van der Waals surface area contributed by atoms with Gasteiger partial charge < -0.3 is 11.1 Å². The number of benzene rings is 1. The van der Waals surface area contributed by atoms with Gasteiger partial charge in [-0.1, -0.05) is 0 Å². The number of halogens is 1. The molecule has 1 aromatic rings. The lowest BCUT2D eigenvalue weighted by Crippen LogP contribution is -2.24. The van der Waals surface area contributed by atoms with Crippen molar-refractivity contribution in [2.45, 2.75) is 6.92 Å². The van der Waals surface area contributed by atoms with Crippen molar-refractivity contribution in [3.05, 3.63) is 29.6 Å². The highest BCUT2D eigenvalue weighted by molar-refractivity contribution is 7.80. The monoisotopic (exact) mass is 256 g/mol. The van der Waals surface area contributed by atoms with E-state index in [1.54, 1.807) is 6.07 Å². The maximum Gasteiger partial charge on any atom is 0.221 e. The van der Waals surface area contributed by atoms with Crippen LogP contribution in [0.2, 0.25) is 0 Å². The Morgan fingerprint density at radius 1 is 1.65 bits per heavy atom. The van der Waals surface area contributed by atoms with Crippen LogP contribution in [-0.4, -0.2) is 17.2 Å². The number of hydrogen-bond donors (Lipinski definition) is 3. The van der Waals surface area contributed by atoms with Gasteiger partial charge in [-0.15, -0.1) is 0 Å². The molecule has 0 spiro atoms. The Hall–Kier alpha value is -2.02. The smallest absolute Gasteiger partial charge is 0.221 e. The standard InChI is InChI=1S/C10H11FN4OS.H2/c1-6(16)14-8-3-2-7(9(11)4-8)5-13-15-10(12)17;/h2-5H,1H3,(H,14,16)(H3,12,15,17);1H/b13-5+;. The predicted octanol–water partition coefficient (Wildman–Crippen LogP) is 1.20. The Morgan fingerprint density at radius 3 is 2.88 bits per heavy atom. The van der Waals surface area contributed by atoms with Crippen LogP contribution >= 0.6 is 12.2 Å². The maximum absolute atomic E-state index is 13.5. The second kappa shape index (κ2) is 5.90. The van der Waals surface area contributed by atoms with Gasteiger partial charge in [0.25, 0.3) is 0 Å². The van der Waals surface area contributed by atoms with Gasteiger partial charge >= 0.3 is 0 Å². The summed E-state index contributed by atoms with van der Waals surface area (Å²) in [4.78, 5) is 10.8. The fourth-order valence-corrected chi connectivity index (χ4v) is 1.13. The van der Waals surface area contributed by atoms with Gasteiger partial charge in [0, 0.05) is 19.6 Å². The molecule has 0 bridgehead atoms. The third-order valence-corrected chi connectivity index (χ3v) is 1.79. The number of anilines is 1. The predicted molar refractivity (Wildman–Crippen MR) is 70.3 cm³/mol. The summed E-state index contributed by atoms with van der Waals surface area (Å²) in [5.74, 6) is -0.772. The van der Waals surface area contributed by atoms with Crippen molar-refractivity contribution in [1.29, 1.82) is 0 Å². The van der Waals surface area contributed by atoms with Crippen molar-refractivity contribution >= 4 is 35.1 Å². The van der Waals surface area contributed by atoms with Crippen molar-refractivity contribution in [2.24, 2.45) is 10.8 Å². The van der Waals surface area contributed by atoms with Crippen LogP contribution in [0.25, 0.3) is 0 Å². The molecule has 0 unspecified atom stereocenters. The van der Waals surface area contributed by atoms with E-state index in [4.69, 9.17) is 5.73 Å². The Kier molecular flexibility index (Phi) is 4.53. The molecule has 1 amide bonds. The summed E-state index contributed by atoms with van der Waals surface area (Å²) in [7, 11) is 0. The van der Waals surface area contributed by atoms with E-state index in [0.29, 0.717) is 5.69 Å². The van der Waals surface area contributed by atoms with Gasteiger partial charge in [0.2, 0.25) is 5.91 Å². The van der Waals surface area contributed by atoms with Gasteiger partial charge in [-0.25, -0.2) is 4.39 Å².